The maximum Gasteiger partial charge on any atom is 0.410 e. The van der Waals surface area contributed by atoms with Crippen molar-refractivity contribution in [3.05, 3.63) is 190 Å². The zero-order chi connectivity index (χ0) is 55.3. The van der Waals surface area contributed by atoms with Crippen LogP contribution in [0.5, 0.6) is 0 Å². The van der Waals surface area contributed by atoms with Crippen LogP contribution >= 0.6 is 0 Å². The molecule has 0 spiro atoms. The van der Waals surface area contributed by atoms with E-state index in [1.165, 1.54) is 35.2 Å². The van der Waals surface area contributed by atoms with Crippen molar-refractivity contribution in [3.63, 3.8) is 0 Å². The van der Waals surface area contributed by atoms with Crippen LogP contribution in [-0.4, -0.2) is 107 Å². The lowest BCUT2D eigenvalue weighted by atomic mass is 9.98. The summed E-state index contributed by atoms with van der Waals surface area (Å²) in [4.78, 5) is 98.3. The SMILES string of the molecule is CN(C(=O)OCC1c2ccccc2-c2ccccc21)[C@@H](CC(=O)ON1C(=O)c2ccccc2C1=O)C(=O)OC(C)(C)C.Cc1ccc(C[C@@H](C(=O)OC(C)(C)C)N(C)C(=O)OCC2c3ccccc3-c3ccccc32)cc1. The first-order valence-corrected chi connectivity index (χ1v) is 25.5. The smallest absolute Gasteiger partial charge is 0.410 e. The Balaban J connectivity index is 0.000000207. The zero-order valence-electron chi connectivity index (χ0n) is 44.7. The van der Waals surface area contributed by atoms with Gasteiger partial charge in [-0.3, -0.25) is 19.4 Å². The lowest BCUT2D eigenvalue weighted by Gasteiger charge is -2.30. The van der Waals surface area contributed by atoms with Crippen LogP contribution in [-0.2, 0) is 44.6 Å². The van der Waals surface area contributed by atoms with E-state index in [9.17, 15) is 33.6 Å². The van der Waals surface area contributed by atoms with Gasteiger partial charge in [0.05, 0.1) is 17.5 Å². The molecule has 15 heteroatoms. The number of esters is 2. The summed E-state index contributed by atoms with van der Waals surface area (Å²) >= 11 is 0. The van der Waals surface area contributed by atoms with Crippen molar-refractivity contribution in [1.29, 1.82) is 0 Å². The highest BCUT2D eigenvalue weighted by Gasteiger charge is 2.42. The van der Waals surface area contributed by atoms with Gasteiger partial charge in [0, 0.05) is 32.4 Å². The summed E-state index contributed by atoms with van der Waals surface area (Å²) in [6.07, 6.45) is -1.75. The normalized spacial score (nSPS) is 14.1. The highest BCUT2D eigenvalue weighted by Crippen LogP contribution is 2.46. The molecule has 0 saturated heterocycles. The van der Waals surface area contributed by atoms with Crippen LogP contribution in [0.2, 0.25) is 0 Å². The van der Waals surface area contributed by atoms with Gasteiger partial charge < -0.3 is 23.8 Å². The van der Waals surface area contributed by atoms with Gasteiger partial charge in [-0.2, -0.15) is 0 Å². The Morgan fingerprint density at radius 1 is 0.494 bits per heavy atom. The number of hydrogen-bond donors (Lipinski definition) is 0. The van der Waals surface area contributed by atoms with E-state index in [0.717, 1.165) is 49.4 Å². The van der Waals surface area contributed by atoms with E-state index in [4.69, 9.17) is 23.8 Å². The van der Waals surface area contributed by atoms with Crippen LogP contribution in [0.4, 0.5) is 9.59 Å². The largest absolute Gasteiger partial charge is 0.458 e. The fourth-order valence-electron chi connectivity index (χ4n) is 9.64. The number of aryl methyl sites for hydroxylation is 1. The van der Waals surface area contributed by atoms with Gasteiger partial charge in [0.15, 0.2) is 0 Å². The zero-order valence-corrected chi connectivity index (χ0v) is 44.7. The average Bonchev–Trinajstić information content (AvgIpc) is 4.12. The molecule has 4 amide bonds. The molecule has 0 fully saturated rings. The number of nitrogens with zero attached hydrogens (tertiary/aromatic N) is 3. The number of hydroxylamine groups is 2. The van der Waals surface area contributed by atoms with Gasteiger partial charge in [-0.25, -0.2) is 24.0 Å². The molecule has 0 aromatic heterocycles. The predicted octanol–water partition coefficient (Wildman–Crippen LogP) is 10.9. The number of carbonyl (C=O) groups is 7. The topological polar surface area (TPSA) is 175 Å². The second-order valence-corrected chi connectivity index (χ2v) is 21.2. The molecule has 0 saturated carbocycles. The number of ether oxygens (including phenoxy) is 4. The monoisotopic (exact) mass is 1040 g/mol. The van der Waals surface area contributed by atoms with Gasteiger partial charge in [-0.15, -0.1) is 0 Å². The minimum Gasteiger partial charge on any atom is -0.458 e. The predicted molar refractivity (Wildman–Crippen MR) is 287 cm³/mol. The van der Waals surface area contributed by atoms with Gasteiger partial charge in [0.2, 0.25) is 0 Å². The fraction of sp³-hybridized carbons (Fsp3) is 0.306. The molecule has 0 bridgehead atoms. The molecular weight excluding hydrogens is 979 g/mol. The molecule has 398 valence electrons. The molecule has 2 aliphatic carbocycles. The quantitative estimate of drug-likeness (QED) is 0.0609. The van der Waals surface area contributed by atoms with Crippen molar-refractivity contribution in [2.24, 2.45) is 0 Å². The maximum atomic E-state index is 13.2. The maximum absolute atomic E-state index is 13.2. The Kier molecular flexibility index (Phi) is 16.1. The molecule has 2 atom stereocenters. The Morgan fingerprint density at radius 2 is 0.831 bits per heavy atom. The number of carbonyl (C=O) groups excluding carboxylic acids is 7. The molecular formula is C62H63N3O12. The van der Waals surface area contributed by atoms with E-state index in [1.807, 2.05) is 125 Å². The first kappa shape index (κ1) is 54.7. The summed E-state index contributed by atoms with van der Waals surface area (Å²) in [5.41, 5.74) is 9.46. The Bertz CT molecular complexity index is 3100. The first-order chi connectivity index (χ1) is 36.6. The third-order valence-electron chi connectivity index (χ3n) is 13.4. The lowest BCUT2D eigenvalue weighted by Crippen LogP contribution is -2.47. The van der Waals surface area contributed by atoms with E-state index in [2.05, 4.69) is 24.3 Å². The summed E-state index contributed by atoms with van der Waals surface area (Å²) in [7, 11) is 2.91. The Labute approximate surface area is 448 Å². The van der Waals surface area contributed by atoms with Gasteiger partial charge in [0.1, 0.15) is 36.5 Å². The van der Waals surface area contributed by atoms with Crippen LogP contribution in [0.25, 0.3) is 22.3 Å². The second-order valence-electron chi connectivity index (χ2n) is 21.2. The van der Waals surface area contributed by atoms with Crippen LogP contribution in [0.15, 0.2) is 146 Å². The highest BCUT2D eigenvalue weighted by molar-refractivity contribution is 6.21. The summed E-state index contributed by atoms with van der Waals surface area (Å²) in [5, 5.41) is 0.354. The van der Waals surface area contributed by atoms with Crippen LogP contribution < -0.4 is 0 Å². The number of benzene rings is 6. The van der Waals surface area contributed by atoms with Crippen molar-refractivity contribution in [3.8, 4) is 22.3 Å². The highest BCUT2D eigenvalue weighted by atomic mass is 16.7. The van der Waals surface area contributed by atoms with E-state index in [-0.39, 0.29) is 36.2 Å². The fourth-order valence-corrected chi connectivity index (χ4v) is 9.64. The van der Waals surface area contributed by atoms with Crippen molar-refractivity contribution in [2.75, 3.05) is 27.3 Å². The number of hydrogen-bond acceptors (Lipinski definition) is 12. The van der Waals surface area contributed by atoms with Crippen molar-refractivity contribution in [2.45, 2.75) is 96.4 Å². The second kappa shape index (κ2) is 22.7. The van der Waals surface area contributed by atoms with Crippen LogP contribution in [0, 0.1) is 6.92 Å². The molecule has 1 aliphatic heterocycles. The molecule has 1 heterocycles. The molecule has 9 rings (SSSR count). The van der Waals surface area contributed by atoms with Crippen molar-refractivity contribution >= 4 is 41.9 Å². The standard InChI is InChI=1S/C32H30N2O8.C30H33NO4/c1-32(2,3)41-30(38)26(17-27(35)42-34-28(36)23-15-9-10-16-24(23)29(34)37)33(4)31(39)40-18-25-21-13-7-5-11-19(21)20-12-6-8-14-22(20)25;1-20-14-16-21(17-15-20)18-27(28(32)35-30(2,3)4)31(5)29(33)34-19-26-24-12-8-6-10-22(24)23-11-7-9-13-25(23)26/h5-16,25-26H,17-18H2,1-4H3;6-17,26-27H,18-19H2,1-5H3/t26-;27-/m00/s1. The first-order valence-electron chi connectivity index (χ1n) is 25.5. The van der Waals surface area contributed by atoms with E-state index in [0.29, 0.717) is 11.5 Å². The molecule has 0 radical (unpaired) electrons. The third-order valence-corrected chi connectivity index (χ3v) is 13.4. The minimum absolute atomic E-state index is 0.00226. The van der Waals surface area contributed by atoms with Crippen molar-refractivity contribution < 1.29 is 57.3 Å². The average molecular weight is 1040 g/mol. The molecule has 0 unspecified atom stereocenters. The van der Waals surface area contributed by atoms with Crippen LogP contribution in [0.3, 0.4) is 0 Å². The van der Waals surface area contributed by atoms with Crippen molar-refractivity contribution in [1.82, 2.24) is 14.9 Å². The molecule has 6 aromatic rings. The molecule has 77 heavy (non-hydrogen) atoms. The number of amides is 4. The summed E-state index contributed by atoms with van der Waals surface area (Å²) < 4.78 is 22.6. The lowest BCUT2D eigenvalue weighted by molar-refractivity contribution is -0.174. The van der Waals surface area contributed by atoms with Crippen LogP contribution in [0.1, 0.15) is 114 Å². The van der Waals surface area contributed by atoms with E-state index in [1.54, 1.807) is 40.0 Å². The van der Waals surface area contributed by atoms with Gasteiger partial charge in [-0.1, -0.05) is 144 Å². The number of rotatable bonds is 13. The summed E-state index contributed by atoms with van der Waals surface area (Å²) in [5.74, 6) is -4.28. The molecule has 15 nitrogen and oxygen atoms in total. The van der Waals surface area contributed by atoms with Gasteiger partial charge >= 0.3 is 30.1 Å². The number of likely N-dealkylation sites (N-methyl/N-ethyl adjacent to an activating group) is 2. The third kappa shape index (κ3) is 12.4. The Morgan fingerprint density at radius 3 is 1.21 bits per heavy atom. The minimum atomic E-state index is -1.46. The number of imide groups is 1. The summed E-state index contributed by atoms with van der Waals surface area (Å²) in [6.45, 7) is 12.6. The molecule has 3 aliphatic rings. The molecule has 0 N–H and O–H groups in total. The Hall–Kier alpha value is -8.59. The number of fused-ring (bicyclic) bond motifs is 7. The van der Waals surface area contributed by atoms with Gasteiger partial charge in [0.25, 0.3) is 11.8 Å². The van der Waals surface area contributed by atoms with E-state index < -0.39 is 71.6 Å². The summed E-state index contributed by atoms with van der Waals surface area (Å²) in [6, 6.07) is 43.9. The molecule has 6 aromatic carbocycles. The van der Waals surface area contributed by atoms with Gasteiger partial charge in [-0.05, 0) is 111 Å². The van der Waals surface area contributed by atoms with E-state index >= 15 is 0 Å².